The predicted molar refractivity (Wildman–Crippen MR) is 133 cm³/mol. The quantitative estimate of drug-likeness (QED) is 0.445. The molecule has 4 rings (SSSR count). The number of para-hydroxylation sites is 2. The zero-order valence-corrected chi connectivity index (χ0v) is 20.2. The lowest BCUT2D eigenvalue weighted by Crippen LogP contribution is -2.50. The van der Waals surface area contributed by atoms with Gasteiger partial charge in [-0.3, -0.25) is 14.5 Å². The Kier molecular flexibility index (Phi) is 6.64. The number of carbonyl (C=O) groups excluding carboxylic acids is 2. The van der Waals surface area contributed by atoms with Gasteiger partial charge in [-0.2, -0.15) is 0 Å². The molecular formula is C27H28FN5O2. The van der Waals surface area contributed by atoms with Crippen molar-refractivity contribution in [3.63, 3.8) is 0 Å². The summed E-state index contributed by atoms with van der Waals surface area (Å²) in [6, 6.07) is 19.3. The summed E-state index contributed by atoms with van der Waals surface area (Å²) in [6.07, 6.45) is 0. The lowest BCUT2D eigenvalue weighted by atomic mass is 9.99. The van der Waals surface area contributed by atoms with Crippen molar-refractivity contribution in [1.82, 2.24) is 20.3 Å². The molecule has 0 bridgehead atoms. The molecule has 0 aliphatic carbocycles. The molecule has 3 aromatic carbocycles. The number of halogens is 1. The van der Waals surface area contributed by atoms with Gasteiger partial charge >= 0.3 is 0 Å². The van der Waals surface area contributed by atoms with Crippen molar-refractivity contribution >= 4 is 28.5 Å². The van der Waals surface area contributed by atoms with Crippen LogP contribution in [0.25, 0.3) is 11.0 Å². The van der Waals surface area contributed by atoms with Crippen LogP contribution in [0.5, 0.6) is 0 Å². The van der Waals surface area contributed by atoms with E-state index in [1.807, 2.05) is 58.0 Å². The SMILES string of the molecule is Cc1ccccc1N(C(=O)Cn1nnc2ccccc21)[C@H](C(=O)NC(C)(C)C)c1ccccc1F. The predicted octanol–water partition coefficient (Wildman–Crippen LogP) is 4.57. The van der Waals surface area contributed by atoms with E-state index >= 15 is 4.39 Å². The minimum atomic E-state index is -1.24. The lowest BCUT2D eigenvalue weighted by molar-refractivity contribution is -0.128. The van der Waals surface area contributed by atoms with Crippen LogP contribution in [0.2, 0.25) is 0 Å². The van der Waals surface area contributed by atoms with E-state index in [1.54, 1.807) is 30.3 Å². The first-order chi connectivity index (χ1) is 16.7. The third-order valence-corrected chi connectivity index (χ3v) is 5.55. The number of aryl methyl sites for hydroxylation is 1. The Balaban J connectivity index is 1.85. The van der Waals surface area contributed by atoms with E-state index in [-0.39, 0.29) is 12.1 Å². The van der Waals surface area contributed by atoms with Crippen LogP contribution in [0.3, 0.4) is 0 Å². The van der Waals surface area contributed by atoms with E-state index < -0.39 is 29.2 Å². The summed E-state index contributed by atoms with van der Waals surface area (Å²) in [5.74, 6) is -1.48. The second-order valence-corrected chi connectivity index (χ2v) is 9.45. The van der Waals surface area contributed by atoms with Gasteiger partial charge in [0.25, 0.3) is 0 Å². The summed E-state index contributed by atoms with van der Waals surface area (Å²) < 4.78 is 16.6. The Morgan fingerprint density at radius 3 is 2.37 bits per heavy atom. The Morgan fingerprint density at radius 2 is 1.66 bits per heavy atom. The molecule has 0 radical (unpaired) electrons. The fourth-order valence-electron chi connectivity index (χ4n) is 4.02. The second-order valence-electron chi connectivity index (χ2n) is 9.45. The minimum Gasteiger partial charge on any atom is -0.349 e. The van der Waals surface area contributed by atoms with E-state index in [2.05, 4.69) is 15.6 Å². The number of nitrogens with one attached hydrogen (secondary N) is 1. The summed E-state index contributed by atoms with van der Waals surface area (Å²) in [5.41, 5.74) is 2.14. The van der Waals surface area contributed by atoms with Crippen molar-refractivity contribution in [3.8, 4) is 0 Å². The zero-order chi connectivity index (χ0) is 25.2. The number of hydrogen-bond acceptors (Lipinski definition) is 4. The van der Waals surface area contributed by atoms with Gasteiger partial charge < -0.3 is 5.32 Å². The third-order valence-electron chi connectivity index (χ3n) is 5.55. The molecule has 0 unspecified atom stereocenters. The minimum absolute atomic E-state index is 0.106. The van der Waals surface area contributed by atoms with E-state index in [9.17, 15) is 9.59 Å². The van der Waals surface area contributed by atoms with Crippen LogP contribution < -0.4 is 10.2 Å². The number of fused-ring (bicyclic) bond motifs is 1. The van der Waals surface area contributed by atoms with Crippen LogP contribution in [0.1, 0.15) is 37.9 Å². The van der Waals surface area contributed by atoms with Crippen LogP contribution in [0.4, 0.5) is 10.1 Å². The van der Waals surface area contributed by atoms with E-state index in [4.69, 9.17) is 0 Å². The maximum Gasteiger partial charge on any atom is 0.249 e. The molecule has 7 nitrogen and oxygen atoms in total. The van der Waals surface area contributed by atoms with Gasteiger partial charge in [0.1, 0.15) is 23.9 Å². The first-order valence-corrected chi connectivity index (χ1v) is 11.4. The van der Waals surface area contributed by atoms with Crippen molar-refractivity contribution in [2.75, 3.05) is 4.90 Å². The molecular weight excluding hydrogens is 445 g/mol. The molecule has 1 N–H and O–H groups in total. The molecule has 0 saturated carbocycles. The average molecular weight is 474 g/mol. The van der Waals surface area contributed by atoms with Crippen LogP contribution in [0.15, 0.2) is 72.8 Å². The molecule has 35 heavy (non-hydrogen) atoms. The molecule has 8 heteroatoms. The van der Waals surface area contributed by atoms with Crippen LogP contribution in [-0.4, -0.2) is 32.3 Å². The van der Waals surface area contributed by atoms with E-state index in [1.165, 1.54) is 21.7 Å². The largest absolute Gasteiger partial charge is 0.349 e. The van der Waals surface area contributed by atoms with Gasteiger partial charge in [-0.15, -0.1) is 5.10 Å². The summed E-state index contributed by atoms with van der Waals surface area (Å²) in [5, 5.41) is 11.2. The standard InChI is InChI=1S/C27H28FN5O2/c1-18-11-5-9-15-22(18)33(24(34)17-32-23-16-10-8-14-21(23)30-31-32)25(26(35)29-27(2,3)4)19-12-6-7-13-20(19)28/h5-16,25H,17H2,1-4H3,(H,29,35)/t25-/m0/s1. The summed E-state index contributed by atoms with van der Waals surface area (Å²) in [6.45, 7) is 7.18. The van der Waals surface area contributed by atoms with Crippen LogP contribution >= 0.6 is 0 Å². The molecule has 1 aromatic heterocycles. The molecule has 0 aliphatic heterocycles. The Hall–Kier alpha value is -4.07. The van der Waals surface area contributed by atoms with Gasteiger partial charge in [0.05, 0.1) is 5.52 Å². The topological polar surface area (TPSA) is 80.1 Å². The van der Waals surface area contributed by atoms with Crippen molar-refractivity contribution in [1.29, 1.82) is 0 Å². The van der Waals surface area contributed by atoms with Crippen LogP contribution in [-0.2, 0) is 16.1 Å². The molecule has 0 aliphatic rings. The molecule has 0 fully saturated rings. The number of amides is 2. The molecule has 1 atom stereocenters. The van der Waals surface area contributed by atoms with Crippen molar-refractivity contribution in [3.05, 3.63) is 89.7 Å². The Bertz CT molecular complexity index is 1380. The van der Waals surface area contributed by atoms with Crippen molar-refractivity contribution in [2.45, 2.75) is 45.8 Å². The number of rotatable bonds is 6. The molecule has 1 heterocycles. The second kappa shape index (κ2) is 9.66. The fourth-order valence-corrected chi connectivity index (χ4v) is 4.02. The first-order valence-electron chi connectivity index (χ1n) is 11.4. The molecule has 180 valence electrons. The fraction of sp³-hybridized carbons (Fsp3) is 0.259. The highest BCUT2D eigenvalue weighted by Gasteiger charge is 2.36. The highest BCUT2D eigenvalue weighted by atomic mass is 19.1. The van der Waals surface area contributed by atoms with Gasteiger partial charge in [0, 0.05) is 16.8 Å². The van der Waals surface area contributed by atoms with E-state index in [0.29, 0.717) is 16.7 Å². The molecule has 2 amide bonds. The lowest BCUT2D eigenvalue weighted by Gasteiger charge is -2.34. The Labute approximate surface area is 203 Å². The summed E-state index contributed by atoms with van der Waals surface area (Å²) in [7, 11) is 0. The normalized spacial score (nSPS) is 12.4. The average Bonchev–Trinajstić information content (AvgIpc) is 3.20. The molecule has 0 saturated heterocycles. The van der Waals surface area contributed by atoms with Gasteiger partial charge in [-0.05, 0) is 57.5 Å². The smallest absolute Gasteiger partial charge is 0.249 e. The molecule has 0 spiro atoms. The maximum absolute atomic E-state index is 15.1. The van der Waals surface area contributed by atoms with Gasteiger partial charge in [-0.25, -0.2) is 9.07 Å². The van der Waals surface area contributed by atoms with Gasteiger partial charge in [0.2, 0.25) is 11.8 Å². The number of hydrogen-bond donors (Lipinski definition) is 1. The van der Waals surface area contributed by atoms with Gasteiger partial charge in [-0.1, -0.05) is 53.7 Å². The highest BCUT2D eigenvalue weighted by Crippen LogP contribution is 2.32. The van der Waals surface area contributed by atoms with Crippen molar-refractivity contribution < 1.29 is 14.0 Å². The van der Waals surface area contributed by atoms with Gasteiger partial charge in [0.15, 0.2) is 0 Å². The highest BCUT2D eigenvalue weighted by molar-refractivity contribution is 6.02. The summed E-state index contributed by atoms with van der Waals surface area (Å²) >= 11 is 0. The maximum atomic E-state index is 15.1. The number of nitrogens with zero attached hydrogens (tertiary/aromatic N) is 4. The Morgan fingerprint density at radius 1 is 1.00 bits per heavy atom. The van der Waals surface area contributed by atoms with Crippen molar-refractivity contribution in [2.24, 2.45) is 0 Å². The third kappa shape index (κ3) is 5.21. The number of anilines is 1. The number of aromatic nitrogens is 3. The first kappa shape index (κ1) is 24.1. The molecule has 4 aromatic rings. The summed E-state index contributed by atoms with van der Waals surface area (Å²) in [4.78, 5) is 29.0. The monoisotopic (exact) mass is 473 g/mol. The zero-order valence-electron chi connectivity index (χ0n) is 20.2. The van der Waals surface area contributed by atoms with Crippen LogP contribution in [0, 0.1) is 12.7 Å². The van der Waals surface area contributed by atoms with E-state index in [0.717, 1.165) is 5.56 Å². The number of carbonyl (C=O) groups is 2. The number of benzene rings is 3.